The molecule has 0 saturated carbocycles. The van der Waals surface area contributed by atoms with Crippen molar-refractivity contribution in [2.45, 2.75) is 31.1 Å². The quantitative estimate of drug-likeness (QED) is 0.888. The summed E-state index contributed by atoms with van der Waals surface area (Å²) >= 11 is 0. The first-order chi connectivity index (χ1) is 12.5. The number of allylic oxidation sites excluding steroid dienone is 2. The lowest BCUT2D eigenvalue weighted by Gasteiger charge is -2.34. The van der Waals surface area contributed by atoms with E-state index in [1.165, 1.54) is 18.2 Å². The molecule has 1 amide bonds. The first kappa shape index (κ1) is 16.6. The van der Waals surface area contributed by atoms with Crippen LogP contribution >= 0.6 is 0 Å². The number of hydrogen-bond donors (Lipinski definition) is 1. The third kappa shape index (κ3) is 2.94. The van der Waals surface area contributed by atoms with E-state index in [9.17, 15) is 18.4 Å². The summed E-state index contributed by atoms with van der Waals surface area (Å²) in [7, 11) is 0. The van der Waals surface area contributed by atoms with E-state index in [0.717, 1.165) is 5.56 Å². The molecule has 0 fully saturated rings. The molecule has 0 saturated heterocycles. The van der Waals surface area contributed by atoms with Crippen molar-refractivity contribution in [3.8, 4) is 0 Å². The van der Waals surface area contributed by atoms with Crippen molar-refractivity contribution in [2.24, 2.45) is 0 Å². The molecule has 3 nitrogen and oxygen atoms in total. The number of Topliss-reactive ketones (excluding diaryl/α,β-unsaturated/α-hetero) is 1. The third-order valence-corrected chi connectivity index (χ3v) is 5.16. The zero-order valence-electron chi connectivity index (χ0n) is 14.0. The summed E-state index contributed by atoms with van der Waals surface area (Å²) < 4.78 is 27.4. The van der Waals surface area contributed by atoms with Crippen molar-refractivity contribution in [3.05, 3.63) is 82.6 Å². The van der Waals surface area contributed by atoms with E-state index < -0.39 is 11.7 Å². The zero-order chi connectivity index (χ0) is 18.3. The van der Waals surface area contributed by atoms with Gasteiger partial charge in [-0.1, -0.05) is 30.3 Å². The van der Waals surface area contributed by atoms with Gasteiger partial charge in [0.1, 0.15) is 11.6 Å². The number of ketones is 1. The molecule has 1 N–H and O–H groups in total. The Morgan fingerprint density at radius 2 is 1.62 bits per heavy atom. The number of carbonyl (C=O) groups is 2. The van der Waals surface area contributed by atoms with Crippen molar-refractivity contribution < 1.29 is 18.4 Å². The minimum Gasteiger partial charge on any atom is -0.329 e. The van der Waals surface area contributed by atoms with Crippen LogP contribution in [0.4, 0.5) is 8.78 Å². The number of carbonyl (C=O) groups excluding carboxylic acids is 2. The predicted molar refractivity (Wildman–Crippen MR) is 92.3 cm³/mol. The lowest BCUT2D eigenvalue weighted by atomic mass is 9.73. The lowest BCUT2D eigenvalue weighted by Crippen LogP contribution is -2.38. The Balaban J connectivity index is 1.73. The Bertz CT molecular complexity index is 918. The van der Waals surface area contributed by atoms with E-state index in [4.69, 9.17) is 0 Å². The molecular weight excluding hydrogens is 336 g/mol. The van der Waals surface area contributed by atoms with Crippen LogP contribution in [0.2, 0.25) is 0 Å². The van der Waals surface area contributed by atoms with Crippen LogP contribution in [-0.2, 0) is 9.59 Å². The van der Waals surface area contributed by atoms with Crippen molar-refractivity contribution in [2.75, 3.05) is 0 Å². The van der Waals surface area contributed by atoms with Crippen LogP contribution in [0.1, 0.15) is 42.2 Å². The maximum atomic E-state index is 14.3. The van der Waals surface area contributed by atoms with Gasteiger partial charge >= 0.3 is 0 Å². The van der Waals surface area contributed by atoms with Gasteiger partial charge < -0.3 is 5.32 Å². The van der Waals surface area contributed by atoms with Gasteiger partial charge in [-0.3, -0.25) is 9.59 Å². The average Bonchev–Trinajstić information content (AvgIpc) is 2.61. The van der Waals surface area contributed by atoms with Crippen molar-refractivity contribution in [1.29, 1.82) is 0 Å². The minimum atomic E-state index is -0.554. The highest BCUT2D eigenvalue weighted by Gasteiger charge is 2.38. The van der Waals surface area contributed by atoms with Gasteiger partial charge in [0.15, 0.2) is 5.78 Å². The Labute approximate surface area is 149 Å². The molecule has 2 aromatic carbocycles. The summed E-state index contributed by atoms with van der Waals surface area (Å²) in [5, 5.41) is 2.80. The maximum absolute atomic E-state index is 14.3. The predicted octanol–water partition coefficient (Wildman–Crippen LogP) is 3.97. The third-order valence-electron chi connectivity index (χ3n) is 5.16. The second-order valence-electron chi connectivity index (χ2n) is 6.80. The summed E-state index contributed by atoms with van der Waals surface area (Å²) in [6.45, 7) is 0. The standard InChI is InChI=1S/C21H17F2NO2/c22-14-7-5-12(6-8-14)13-9-18-21(19(25)10-13)16(11-20(26)24-18)15-3-1-2-4-17(15)23/h1-8,13,16H,9-11H2,(H,24,26)/t13-,16-/m0/s1. The Morgan fingerprint density at radius 1 is 0.885 bits per heavy atom. The van der Waals surface area contributed by atoms with Gasteiger partial charge in [-0.2, -0.15) is 0 Å². The fourth-order valence-corrected chi connectivity index (χ4v) is 3.95. The van der Waals surface area contributed by atoms with E-state index in [2.05, 4.69) is 5.32 Å². The first-order valence-corrected chi connectivity index (χ1v) is 8.59. The van der Waals surface area contributed by atoms with E-state index in [0.29, 0.717) is 23.3 Å². The van der Waals surface area contributed by atoms with Crippen molar-refractivity contribution in [1.82, 2.24) is 5.32 Å². The number of halogens is 2. The zero-order valence-corrected chi connectivity index (χ0v) is 14.0. The van der Waals surface area contributed by atoms with Crippen molar-refractivity contribution >= 4 is 11.7 Å². The number of rotatable bonds is 2. The van der Waals surface area contributed by atoms with Crippen LogP contribution < -0.4 is 5.32 Å². The molecule has 1 aliphatic carbocycles. The molecule has 0 unspecified atom stereocenters. The molecule has 2 aromatic rings. The molecule has 2 atom stereocenters. The highest BCUT2D eigenvalue weighted by Crippen LogP contribution is 2.42. The molecule has 2 aliphatic rings. The number of amides is 1. The van der Waals surface area contributed by atoms with Crippen LogP contribution in [-0.4, -0.2) is 11.7 Å². The van der Waals surface area contributed by atoms with E-state index in [1.807, 2.05) is 0 Å². The first-order valence-electron chi connectivity index (χ1n) is 8.59. The Morgan fingerprint density at radius 3 is 2.35 bits per heavy atom. The Hall–Kier alpha value is -2.82. The van der Waals surface area contributed by atoms with Crippen LogP contribution in [0.25, 0.3) is 0 Å². The van der Waals surface area contributed by atoms with Gasteiger partial charge in [0.05, 0.1) is 0 Å². The molecule has 132 valence electrons. The van der Waals surface area contributed by atoms with E-state index in [1.54, 1.807) is 30.3 Å². The van der Waals surface area contributed by atoms with Crippen LogP contribution in [0.5, 0.6) is 0 Å². The highest BCUT2D eigenvalue weighted by atomic mass is 19.1. The smallest absolute Gasteiger partial charge is 0.225 e. The van der Waals surface area contributed by atoms with Gasteiger partial charge in [-0.25, -0.2) is 8.78 Å². The minimum absolute atomic E-state index is 0.0622. The fourth-order valence-electron chi connectivity index (χ4n) is 3.95. The summed E-state index contributed by atoms with van der Waals surface area (Å²) in [5.41, 5.74) is 2.31. The summed E-state index contributed by atoms with van der Waals surface area (Å²) in [6.07, 6.45) is 0.807. The van der Waals surface area contributed by atoms with Gasteiger partial charge in [0, 0.05) is 30.0 Å². The van der Waals surface area contributed by atoms with Gasteiger partial charge in [0.2, 0.25) is 5.91 Å². The summed E-state index contributed by atoms with van der Waals surface area (Å²) in [5.74, 6) is -1.73. The second kappa shape index (κ2) is 6.48. The van der Waals surface area contributed by atoms with Gasteiger partial charge in [-0.15, -0.1) is 0 Å². The molecule has 0 aromatic heterocycles. The number of hydrogen-bond acceptors (Lipinski definition) is 2. The van der Waals surface area contributed by atoms with E-state index in [-0.39, 0.29) is 36.3 Å². The molecule has 26 heavy (non-hydrogen) atoms. The average molecular weight is 353 g/mol. The number of benzene rings is 2. The maximum Gasteiger partial charge on any atom is 0.225 e. The van der Waals surface area contributed by atoms with Crippen LogP contribution in [0.15, 0.2) is 59.8 Å². The molecule has 0 spiro atoms. The normalized spacial score (nSPS) is 22.8. The topological polar surface area (TPSA) is 46.2 Å². The van der Waals surface area contributed by atoms with Gasteiger partial charge in [0.25, 0.3) is 0 Å². The largest absolute Gasteiger partial charge is 0.329 e. The van der Waals surface area contributed by atoms with E-state index >= 15 is 0 Å². The number of nitrogens with one attached hydrogen (secondary N) is 1. The molecule has 1 aliphatic heterocycles. The second-order valence-corrected chi connectivity index (χ2v) is 6.80. The highest BCUT2D eigenvalue weighted by molar-refractivity contribution is 6.02. The molecule has 1 heterocycles. The van der Waals surface area contributed by atoms with Crippen LogP contribution in [0.3, 0.4) is 0 Å². The summed E-state index contributed by atoms with van der Waals surface area (Å²) in [4.78, 5) is 25.1. The molecule has 4 rings (SSSR count). The molecule has 0 radical (unpaired) electrons. The SMILES string of the molecule is O=C1C[C@@H](c2ccccc2F)C2=C(C[C@H](c3ccc(F)cc3)CC2=O)N1. The fraction of sp³-hybridized carbons (Fsp3) is 0.238. The van der Waals surface area contributed by atoms with Crippen molar-refractivity contribution in [3.63, 3.8) is 0 Å². The van der Waals surface area contributed by atoms with Crippen LogP contribution in [0, 0.1) is 11.6 Å². The Kier molecular flexibility index (Phi) is 4.15. The summed E-state index contributed by atoms with van der Waals surface area (Å²) in [6, 6.07) is 12.3. The molecular formula is C21H17F2NO2. The molecule has 5 heteroatoms. The van der Waals surface area contributed by atoms with Gasteiger partial charge in [-0.05, 0) is 41.7 Å². The molecule has 0 bridgehead atoms. The monoisotopic (exact) mass is 353 g/mol. The lowest BCUT2D eigenvalue weighted by molar-refractivity contribution is -0.122.